The number of esters is 1. The first-order valence-electron chi connectivity index (χ1n) is 8.94. The van der Waals surface area contributed by atoms with E-state index in [1.165, 1.54) is 9.13 Å². The van der Waals surface area contributed by atoms with Crippen LogP contribution in [0.3, 0.4) is 0 Å². The zero-order chi connectivity index (χ0) is 20.3. The summed E-state index contributed by atoms with van der Waals surface area (Å²) in [5, 5.41) is 9.33. The Bertz CT molecular complexity index is 1220. The van der Waals surface area contributed by atoms with E-state index in [1.54, 1.807) is 56.3 Å². The molecule has 0 aliphatic rings. The predicted molar refractivity (Wildman–Crippen MR) is 104 cm³/mol. The average Bonchev–Trinajstić information content (AvgIpc) is 2.72. The van der Waals surface area contributed by atoms with Crippen LogP contribution in [0.15, 0.2) is 52.1 Å². The minimum Gasteiger partial charge on any atom is -0.462 e. The molecule has 0 atom stereocenters. The van der Waals surface area contributed by atoms with Gasteiger partial charge in [-0.05, 0) is 43.7 Å². The van der Waals surface area contributed by atoms with Crippen LogP contribution in [0, 0.1) is 11.3 Å². The Kier molecular flexibility index (Phi) is 5.41. The van der Waals surface area contributed by atoms with Crippen molar-refractivity contribution in [2.75, 3.05) is 6.61 Å². The molecule has 0 aliphatic carbocycles. The zero-order valence-electron chi connectivity index (χ0n) is 15.6. The molecule has 0 bridgehead atoms. The van der Waals surface area contributed by atoms with E-state index in [1.807, 2.05) is 0 Å². The Hall–Kier alpha value is -3.66. The molecule has 0 fully saturated rings. The van der Waals surface area contributed by atoms with Crippen LogP contribution in [0.25, 0.3) is 11.0 Å². The number of nitrogens with zero attached hydrogens (tertiary/aromatic N) is 3. The van der Waals surface area contributed by atoms with Crippen molar-refractivity contribution in [2.24, 2.45) is 0 Å². The number of carbonyl (C=O) groups excluding carboxylic acids is 1. The second-order valence-corrected chi connectivity index (χ2v) is 6.13. The first-order chi connectivity index (χ1) is 13.5. The van der Waals surface area contributed by atoms with Crippen molar-refractivity contribution >= 4 is 17.0 Å². The fourth-order valence-corrected chi connectivity index (χ4v) is 3.17. The summed E-state index contributed by atoms with van der Waals surface area (Å²) in [5.41, 5.74) is 0.945. The minimum atomic E-state index is -0.705. The standard InChI is InChI=1S/C21H19N3O4/c1-3-23-17-10-9-14(21(27)28-4-2)11-18(17)24(20(26)19(23)25)13-16-8-6-5-7-15(16)12-22/h5-11H,3-4,13H2,1-2H3. The maximum absolute atomic E-state index is 12.8. The Balaban J connectivity index is 2.30. The van der Waals surface area contributed by atoms with Crippen molar-refractivity contribution in [3.63, 3.8) is 0 Å². The fraction of sp³-hybridized carbons (Fsp3) is 0.238. The Labute approximate surface area is 161 Å². The van der Waals surface area contributed by atoms with E-state index in [0.717, 1.165) is 0 Å². The monoisotopic (exact) mass is 377 g/mol. The number of rotatable bonds is 5. The molecular weight excluding hydrogens is 358 g/mol. The normalized spacial score (nSPS) is 10.6. The Morgan fingerprint density at radius 2 is 1.75 bits per heavy atom. The lowest BCUT2D eigenvalue weighted by Gasteiger charge is -2.15. The van der Waals surface area contributed by atoms with Crippen LogP contribution in [0.1, 0.15) is 35.3 Å². The highest BCUT2D eigenvalue weighted by Crippen LogP contribution is 2.17. The quantitative estimate of drug-likeness (QED) is 0.502. The smallest absolute Gasteiger partial charge is 0.338 e. The number of carbonyl (C=O) groups is 1. The molecule has 0 amide bonds. The van der Waals surface area contributed by atoms with Crippen LogP contribution in [0.4, 0.5) is 0 Å². The summed E-state index contributed by atoms with van der Waals surface area (Å²) in [6.45, 7) is 4.08. The summed E-state index contributed by atoms with van der Waals surface area (Å²) in [6.07, 6.45) is 0. The van der Waals surface area contributed by atoms with E-state index in [9.17, 15) is 19.6 Å². The largest absolute Gasteiger partial charge is 0.462 e. The average molecular weight is 377 g/mol. The highest BCUT2D eigenvalue weighted by atomic mass is 16.5. The summed E-state index contributed by atoms with van der Waals surface area (Å²) in [7, 11) is 0. The molecule has 2 aromatic carbocycles. The number of hydrogen-bond acceptors (Lipinski definition) is 5. The lowest BCUT2D eigenvalue weighted by atomic mass is 10.1. The van der Waals surface area contributed by atoms with Gasteiger partial charge in [0.1, 0.15) is 0 Å². The molecule has 0 spiro atoms. The van der Waals surface area contributed by atoms with Crippen molar-refractivity contribution in [1.82, 2.24) is 9.13 Å². The summed E-state index contributed by atoms with van der Waals surface area (Å²) in [5.74, 6) is -0.505. The van der Waals surface area contributed by atoms with Gasteiger partial charge >= 0.3 is 17.1 Å². The lowest BCUT2D eigenvalue weighted by molar-refractivity contribution is 0.0526. The molecule has 1 aromatic heterocycles. The summed E-state index contributed by atoms with van der Waals surface area (Å²) >= 11 is 0. The molecule has 3 aromatic rings. The predicted octanol–water partition coefficient (Wildman–Crippen LogP) is 2.28. The highest BCUT2D eigenvalue weighted by Gasteiger charge is 2.16. The van der Waals surface area contributed by atoms with Gasteiger partial charge in [0.25, 0.3) is 0 Å². The van der Waals surface area contributed by atoms with E-state index in [-0.39, 0.29) is 18.7 Å². The molecule has 3 rings (SSSR count). The second kappa shape index (κ2) is 7.92. The molecule has 1 heterocycles. The van der Waals surface area contributed by atoms with Gasteiger partial charge in [-0.25, -0.2) is 4.79 Å². The van der Waals surface area contributed by atoms with Gasteiger partial charge in [-0.3, -0.25) is 14.2 Å². The fourth-order valence-electron chi connectivity index (χ4n) is 3.17. The van der Waals surface area contributed by atoms with Crippen molar-refractivity contribution in [3.05, 3.63) is 79.9 Å². The van der Waals surface area contributed by atoms with Crippen LogP contribution in [0.2, 0.25) is 0 Å². The molecule has 7 heteroatoms. The van der Waals surface area contributed by atoms with Gasteiger partial charge in [0, 0.05) is 6.54 Å². The Morgan fingerprint density at radius 3 is 2.43 bits per heavy atom. The van der Waals surface area contributed by atoms with Crippen LogP contribution in [0.5, 0.6) is 0 Å². The van der Waals surface area contributed by atoms with E-state index in [2.05, 4.69) is 6.07 Å². The number of fused-ring (bicyclic) bond motifs is 1. The van der Waals surface area contributed by atoms with E-state index in [4.69, 9.17) is 4.74 Å². The maximum atomic E-state index is 12.8. The van der Waals surface area contributed by atoms with Crippen molar-refractivity contribution in [3.8, 4) is 6.07 Å². The molecule has 28 heavy (non-hydrogen) atoms. The number of hydrogen-bond donors (Lipinski definition) is 0. The van der Waals surface area contributed by atoms with Gasteiger partial charge in [-0.1, -0.05) is 18.2 Å². The van der Waals surface area contributed by atoms with Gasteiger partial charge in [0.05, 0.1) is 41.4 Å². The molecule has 0 saturated heterocycles. The van der Waals surface area contributed by atoms with E-state index < -0.39 is 17.1 Å². The van der Waals surface area contributed by atoms with Gasteiger partial charge in [-0.15, -0.1) is 0 Å². The molecule has 0 N–H and O–H groups in total. The number of aromatic nitrogens is 2. The van der Waals surface area contributed by atoms with Crippen LogP contribution in [-0.2, 0) is 17.8 Å². The van der Waals surface area contributed by atoms with Crippen molar-refractivity contribution in [2.45, 2.75) is 26.9 Å². The second-order valence-electron chi connectivity index (χ2n) is 6.13. The molecule has 142 valence electrons. The number of nitriles is 1. The van der Waals surface area contributed by atoms with Crippen LogP contribution < -0.4 is 11.1 Å². The third-order valence-electron chi connectivity index (χ3n) is 4.52. The number of ether oxygens (including phenoxy) is 1. The lowest BCUT2D eigenvalue weighted by Crippen LogP contribution is -2.41. The third kappa shape index (κ3) is 3.32. The molecular formula is C21H19N3O4. The summed E-state index contributed by atoms with van der Waals surface area (Å²) in [6, 6.07) is 13.7. The van der Waals surface area contributed by atoms with Crippen LogP contribution in [-0.4, -0.2) is 21.7 Å². The van der Waals surface area contributed by atoms with Crippen molar-refractivity contribution < 1.29 is 9.53 Å². The first kappa shape index (κ1) is 19.1. The Morgan fingerprint density at radius 1 is 1.04 bits per heavy atom. The summed E-state index contributed by atoms with van der Waals surface area (Å²) < 4.78 is 7.73. The van der Waals surface area contributed by atoms with Gasteiger partial charge in [-0.2, -0.15) is 5.26 Å². The van der Waals surface area contributed by atoms with Crippen molar-refractivity contribution in [1.29, 1.82) is 5.26 Å². The maximum Gasteiger partial charge on any atom is 0.338 e. The van der Waals surface area contributed by atoms with Gasteiger partial charge in [0.15, 0.2) is 0 Å². The van der Waals surface area contributed by atoms with E-state index >= 15 is 0 Å². The zero-order valence-corrected chi connectivity index (χ0v) is 15.6. The van der Waals surface area contributed by atoms with Gasteiger partial charge in [0.2, 0.25) is 0 Å². The van der Waals surface area contributed by atoms with Gasteiger partial charge < -0.3 is 9.30 Å². The third-order valence-corrected chi connectivity index (χ3v) is 4.52. The SMILES string of the molecule is CCOC(=O)c1ccc2c(c1)n(Cc1ccccc1C#N)c(=O)c(=O)n2CC. The van der Waals surface area contributed by atoms with E-state index in [0.29, 0.717) is 28.7 Å². The molecule has 0 saturated carbocycles. The van der Waals surface area contributed by atoms with Crippen LogP contribution >= 0.6 is 0 Å². The minimum absolute atomic E-state index is 0.0468. The number of aryl methyl sites for hydroxylation is 1. The summed E-state index contributed by atoms with van der Waals surface area (Å²) in [4.78, 5) is 37.5. The molecule has 0 unspecified atom stereocenters. The molecule has 0 radical (unpaired) electrons. The first-order valence-corrected chi connectivity index (χ1v) is 8.94. The highest BCUT2D eigenvalue weighted by molar-refractivity contribution is 5.93. The molecule has 0 aliphatic heterocycles. The topological polar surface area (TPSA) is 94.1 Å². The molecule has 7 nitrogen and oxygen atoms in total. The number of benzene rings is 2.